The van der Waals surface area contributed by atoms with E-state index in [0.717, 1.165) is 17.3 Å². The standard InChI is InChI=1S/C23H19F2N3O3/c1-31-23(30)19(11-5-3-2-4-6-11)26-22(29)21-15-10-14-17(18(14)20(15)27-28-21)13-8-7-12(24)9-16(13)25/h2-9,14,17-19H,10H2,1H3,(H,26,29)(H,27,28)/t14?,17?,18?,19-/m0/s1. The van der Waals surface area contributed by atoms with E-state index in [-0.39, 0.29) is 23.4 Å². The van der Waals surface area contributed by atoms with E-state index in [2.05, 4.69) is 15.5 Å². The van der Waals surface area contributed by atoms with E-state index in [1.165, 1.54) is 19.2 Å². The van der Waals surface area contributed by atoms with Crippen LogP contribution in [0.4, 0.5) is 8.78 Å². The molecule has 6 nitrogen and oxygen atoms in total. The minimum Gasteiger partial charge on any atom is -0.467 e. The Morgan fingerprint density at radius 2 is 1.94 bits per heavy atom. The van der Waals surface area contributed by atoms with Gasteiger partial charge in [-0.3, -0.25) is 9.89 Å². The van der Waals surface area contributed by atoms with Crippen LogP contribution in [0.15, 0.2) is 48.5 Å². The lowest BCUT2D eigenvalue weighted by Crippen LogP contribution is -2.35. The molecule has 1 aromatic heterocycles. The average Bonchev–Trinajstić information content (AvgIpc) is 3.11. The summed E-state index contributed by atoms with van der Waals surface area (Å²) in [5.41, 5.74) is 2.90. The molecule has 0 bridgehead atoms. The molecule has 3 aromatic rings. The number of nitrogens with zero attached hydrogens (tertiary/aromatic N) is 1. The molecule has 5 rings (SSSR count). The number of esters is 1. The predicted octanol–water partition coefficient (Wildman–Crippen LogP) is 3.39. The zero-order chi connectivity index (χ0) is 21.7. The van der Waals surface area contributed by atoms with Crippen molar-refractivity contribution in [3.05, 3.63) is 88.2 Å². The Hall–Kier alpha value is -3.55. The smallest absolute Gasteiger partial charge is 0.333 e. The number of fused-ring (bicyclic) bond motifs is 3. The number of H-pyrrole nitrogens is 1. The van der Waals surface area contributed by atoms with Gasteiger partial charge in [0, 0.05) is 23.2 Å². The molecule has 0 aliphatic heterocycles. The second-order valence-electron chi connectivity index (χ2n) is 7.89. The molecule has 158 valence electrons. The lowest BCUT2D eigenvalue weighted by Gasteiger charge is -2.16. The number of carbonyl (C=O) groups excluding carboxylic acids is 2. The summed E-state index contributed by atoms with van der Waals surface area (Å²) < 4.78 is 32.3. The van der Waals surface area contributed by atoms with E-state index >= 15 is 0 Å². The molecule has 0 saturated heterocycles. The van der Waals surface area contributed by atoms with Crippen molar-refractivity contribution < 1.29 is 23.1 Å². The Morgan fingerprint density at radius 1 is 1.16 bits per heavy atom. The quantitative estimate of drug-likeness (QED) is 0.617. The lowest BCUT2D eigenvalue weighted by molar-refractivity contribution is -0.143. The highest BCUT2D eigenvalue weighted by Gasteiger charge is 2.59. The van der Waals surface area contributed by atoms with Crippen LogP contribution in [0.3, 0.4) is 0 Å². The van der Waals surface area contributed by atoms with E-state index in [1.54, 1.807) is 24.3 Å². The van der Waals surface area contributed by atoms with Crippen LogP contribution >= 0.6 is 0 Å². The lowest BCUT2D eigenvalue weighted by atomic mass is 9.99. The third-order valence-corrected chi connectivity index (χ3v) is 6.22. The molecule has 2 aliphatic rings. The van der Waals surface area contributed by atoms with Crippen LogP contribution in [0.25, 0.3) is 0 Å². The topological polar surface area (TPSA) is 84.1 Å². The first-order valence-electron chi connectivity index (χ1n) is 9.95. The molecule has 4 atom stereocenters. The highest BCUT2D eigenvalue weighted by Crippen LogP contribution is 2.66. The third-order valence-electron chi connectivity index (χ3n) is 6.22. The van der Waals surface area contributed by atoms with Gasteiger partial charge in [0.15, 0.2) is 11.7 Å². The minimum absolute atomic E-state index is 0.0227. The van der Waals surface area contributed by atoms with Gasteiger partial charge in [0.2, 0.25) is 0 Å². The summed E-state index contributed by atoms with van der Waals surface area (Å²) in [7, 11) is 1.26. The average molecular weight is 423 g/mol. The number of nitrogens with one attached hydrogen (secondary N) is 2. The summed E-state index contributed by atoms with van der Waals surface area (Å²) in [5, 5.41) is 9.80. The van der Waals surface area contributed by atoms with Crippen LogP contribution in [0.5, 0.6) is 0 Å². The highest BCUT2D eigenvalue weighted by atomic mass is 19.1. The molecule has 31 heavy (non-hydrogen) atoms. The Kier molecular flexibility index (Phi) is 4.57. The van der Waals surface area contributed by atoms with Gasteiger partial charge < -0.3 is 10.1 Å². The first-order chi connectivity index (χ1) is 15.0. The van der Waals surface area contributed by atoms with Gasteiger partial charge in [-0.05, 0) is 35.4 Å². The Labute approximate surface area is 176 Å². The van der Waals surface area contributed by atoms with Gasteiger partial charge in [0.25, 0.3) is 5.91 Å². The van der Waals surface area contributed by atoms with E-state index in [0.29, 0.717) is 17.5 Å². The fourth-order valence-corrected chi connectivity index (χ4v) is 4.74. The first kappa shape index (κ1) is 19.4. The molecular weight excluding hydrogens is 404 g/mol. The van der Waals surface area contributed by atoms with E-state index < -0.39 is 29.6 Å². The van der Waals surface area contributed by atoms with E-state index in [1.807, 2.05) is 6.07 Å². The Bertz CT molecular complexity index is 1180. The maximum absolute atomic E-state index is 14.2. The van der Waals surface area contributed by atoms with Crippen LogP contribution in [0, 0.1) is 17.6 Å². The van der Waals surface area contributed by atoms with Gasteiger partial charge in [0.05, 0.1) is 7.11 Å². The van der Waals surface area contributed by atoms with E-state index in [9.17, 15) is 18.4 Å². The second kappa shape index (κ2) is 7.30. The Morgan fingerprint density at radius 3 is 2.65 bits per heavy atom. The molecule has 2 N–H and O–H groups in total. The number of benzene rings is 2. The van der Waals surface area contributed by atoms with Gasteiger partial charge in [-0.25, -0.2) is 13.6 Å². The molecule has 0 radical (unpaired) electrons. The van der Waals surface area contributed by atoms with Crippen molar-refractivity contribution in [1.82, 2.24) is 15.5 Å². The molecular formula is C23H19F2N3O3. The van der Waals surface area contributed by atoms with Gasteiger partial charge in [-0.15, -0.1) is 0 Å². The number of aromatic amines is 1. The summed E-state index contributed by atoms with van der Waals surface area (Å²) in [5.74, 6) is -2.12. The van der Waals surface area contributed by atoms with Gasteiger partial charge >= 0.3 is 5.97 Å². The highest BCUT2D eigenvalue weighted by molar-refractivity contribution is 5.97. The molecule has 3 unspecified atom stereocenters. The molecule has 1 fully saturated rings. The summed E-state index contributed by atoms with van der Waals surface area (Å²) in [4.78, 5) is 25.2. The maximum atomic E-state index is 14.2. The number of hydrogen-bond donors (Lipinski definition) is 2. The van der Waals surface area contributed by atoms with Crippen LogP contribution in [0.1, 0.15) is 50.8 Å². The fraction of sp³-hybridized carbons (Fsp3) is 0.261. The summed E-state index contributed by atoms with van der Waals surface area (Å²) >= 11 is 0. The van der Waals surface area contributed by atoms with Crippen molar-refractivity contribution in [2.75, 3.05) is 7.11 Å². The van der Waals surface area contributed by atoms with E-state index in [4.69, 9.17) is 4.74 Å². The van der Waals surface area contributed by atoms with Crippen molar-refractivity contribution in [3.63, 3.8) is 0 Å². The summed E-state index contributed by atoms with van der Waals surface area (Å²) in [6.45, 7) is 0. The minimum atomic E-state index is -0.956. The van der Waals surface area contributed by atoms with Crippen LogP contribution < -0.4 is 5.32 Å². The van der Waals surface area contributed by atoms with Crippen molar-refractivity contribution in [2.45, 2.75) is 24.3 Å². The molecule has 2 aliphatic carbocycles. The maximum Gasteiger partial charge on any atom is 0.333 e. The predicted molar refractivity (Wildman–Crippen MR) is 106 cm³/mol. The van der Waals surface area contributed by atoms with Crippen molar-refractivity contribution in [3.8, 4) is 0 Å². The zero-order valence-corrected chi connectivity index (χ0v) is 16.6. The molecule has 0 spiro atoms. The monoisotopic (exact) mass is 423 g/mol. The fourth-order valence-electron chi connectivity index (χ4n) is 4.74. The second-order valence-corrected chi connectivity index (χ2v) is 7.89. The van der Waals surface area contributed by atoms with Crippen molar-refractivity contribution >= 4 is 11.9 Å². The molecule has 1 heterocycles. The van der Waals surface area contributed by atoms with Gasteiger partial charge in [-0.1, -0.05) is 36.4 Å². The number of carbonyl (C=O) groups is 2. The third kappa shape index (κ3) is 3.19. The SMILES string of the molecule is COC(=O)[C@@H](NC(=O)c1n[nH]c2c1CC1C(c3ccc(F)cc3F)C21)c1ccccc1. The molecule has 2 aromatic carbocycles. The number of hydrogen-bond acceptors (Lipinski definition) is 4. The molecule has 8 heteroatoms. The number of rotatable bonds is 5. The Balaban J connectivity index is 1.37. The van der Waals surface area contributed by atoms with Gasteiger partial charge in [-0.2, -0.15) is 5.10 Å². The number of amides is 1. The van der Waals surface area contributed by atoms with Crippen molar-refractivity contribution in [1.29, 1.82) is 0 Å². The molecule has 1 amide bonds. The summed E-state index contributed by atoms with van der Waals surface area (Å²) in [6, 6.07) is 11.5. The van der Waals surface area contributed by atoms with Crippen molar-refractivity contribution in [2.24, 2.45) is 5.92 Å². The number of ether oxygens (including phenoxy) is 1. The van der Waals surface area contributed by atoms with Crippen LogP contribution in [-0.2, 0) is 16.0 Å². The largest absolute Gasteiger partial charge is 0.467 e. The normalized spacial score (nSPS) is 21.7. The first-order valence-corrected chi connectivity index (χ1v) is 9.95. The molecule has 1 saturated carbocycles. The number of methoxy groups -OCH3 is 1. The summed E-state index contributed by atoms with van der Waals surface area (Å²) in [6.07, 6.45) is 0.564. The van der Waals surface area contributed by atoms with Gasteiger partial charge in [0.1, 0.15) is 11.6 Å². The zero-order valence-electron chi connectivity index (χ0n) is 16.6. The number of halogens is 2. The number of aromatic nitrogens is 2. The van der Waals surface area contributed by atoms with Crippen LogP contribution in [0.2, 0.25) is 0 Å². The van der Waals surface area contributed by atoms with Crippen LogP contribution in [-0.4, -0.2) is 29.2 Å².